The number of anilines is 2. The molecule has 7 heterocycles. The minimum atomic E-state index is -0.821. The number of phenolic OH excluding ortho intramolecular Hbond substituents is 1. The van der Waals surface area contributed by atoms with Crippen molar-refractivity contribution in [2.45, 2.75) is 90.1 Å². The van der Waals surface area contributed by atoms with Crippen LogP contribution in [0.3, 0.4) is 0 Å². The fourth-order valence-electron chi connectivity index (χ4n) is 10.3. The second-order valence-electron chi connectivity index (χ2n) is 18.9. The lowest BCUT2D eigenvalue weighted by Crippen LogP contribution is -2.58. The van der Waals surface area contributed by atoms with E-state index in [9.17, 15) is 19.8 Å². The van der Waals surface area contributed by atoms with Gasteiger partial charge in [-0.25, -0.2) is 4.98 Å². The first-order chi connectivity index (χ1) is 31.9. The molecule has 3 saturated heterocycles. The molecule has 4 aliphatic heterocycles. The van der Waals surface area contributed by atoms with Gasteiger partial charge in [-0.05, 0) is 93.0 Å². The van der Waals surface area contributed by atoms with Crippen LogP contribution < -0.4 is 20.3 Å². The number of nitrogens with one attached hydrogen (secondary N) is 2. The number of hydrogen-bond donors (Lipinski definition) is 4. The van der Waals surface area contributed by atoms with Gasteiger partial charge in [0.25, 0.3) is 5.88 Å². The Kier molecular flexibility index (Phi) is 13.6. The van der Waals surface area contributed by atoms with E-state index in [0.29, 0.717) is 34.9 Å². The number of para-hydroxylation sites is 1. The second kappa shape index (κ2) is 19.7. The number of aryl methyl sites for hydroxylation is 1. The molecule has 2 amide bonds. The molecule has 350 valence electrons. The third kappa shape index (κ3) is 9.89. The van der Waals surface area contributed by atoms with Gasteiger partial charge in [0.05, 0.1) is 45.7 Å². The highest BCUT2D eigenvalue weighted by atomic mass is 32.1. The van der Waals surface area contributed by atoms with Gasteiger partial charge >= 0.3 is 0 Å². The molecule has 0 bridgehead atoms. The Labute approximate surface area is 390 Å². The van der Waals surface area contributed by atoms with Gasteiger partial charge in [0.15, 0.2) is 11.6 Å². The smallest absolute Gasteiger partial charge is 0.254 e. The maximum Gasteiger partial charge on any atom is 0.254 e. The van der Waals surface area contributed by atoms with Crippen molar-refractivity contribution in [2.75, 3.05) is 69.1 Å². The van der Waals surface area contributed by atoms with Crippen molar-refractivity contribution in [3.63, 3.8) is 0 Å². The van der Waals surface area contributed by atoms with E-state index in [1.165, 1.54) is 4.90 Å². The minimum absolute atomic E-state index is 0.0614. The van der Waals surface area contributed by atoms with E-state index in [1.807, 2.05) is 88.7 Å². The molecule has 16 nitrogen and oxygen atoms in total. The molecule has 0 spiro atoms. The number of aromatic hydroxyl groups is 1. The van der Waals surface area contributed by atoms with Crippen LogP contribution in [0, 0.1) is 18.8 Å². The predicted octanol–water partition coefficient (Wildman–Crippen LogP) is 5.94. The minimum Gasteiger partial charge on any atom is -0.507 e. The number of β-amino-alcohol motifs (C(OH)–C–C–N with tert-alkyl or cyclic N) is 1. The van der Waals surface area contributed by atoms with Gasteiger partial charge in [-0.1, -0.05) is 50.2 Å². The molecule has 9 rings (SSSR count). The van der Waals surface area contributed by atoms with Crippen LogP contribution in [0.5, 0.6) is 11.6 Å². The first kappa shape index (κ1) is 45.5. The fraction of sp³-hybridized carbons (Fsp3) is 0.510. The van der Waals surface area contributed by atoms with E-state index in [0.717, 1.165) is 98.4 Å². The summed E-state index contributed by atoms with van der Waals surface area (Å²) in [6.07, 6.45) is 1.42. The van der Waals surface area contributed by atoms with Crippen molar-refractivity contribution < 1.29 is 29.1 Å². The number of nitrogens with zero attached hydrogens (tertiary/aromatic N) is 8. The highest BCUT2D eigenvalue weighted by molar-refractivity contribution is 7.13. The van der Waals surface area contributed by atoms with Crippen molar-refractivity contribution >= 4 is 34.7 Å². The van der Waals surface area contributed by atoms with Gasteiger partial charge in [-0.15, -0.1) is 21.5 Å². The number of rotatable bonds is 14. The van der Waals surface area contributed by atoms with Crippen molar-refractivity contribution in [2.24, 2.45) is 11.8 Å². The van der Waals surface area contributed by atoms with Crippen LogP contribution in [0.2, 0.25) is 0 Å². The van der Waals surface area contributed by atoms with Crippen molar-refractivity contribution in [3.05, 3.63) is 83.2 Å². The van der Waals surface area contributed by atoms with E-state index in [-0.39, 0.29) is 48.6 Å². The van der Waals surface area contributed by atoms with E-state index in [4.69, 9.17) is 9.26 Å². The molecular formula is C49H62N10O6S. The van der Waals surface area contributed by atoms with Crippen LogP contribution in [-0.2, 0) is 9.59 Å². The number of thiazole rings is 1. The molecule has 0 aliphatic carbocycles. The number of aliphatic hydroxyl groups is 1. The highest BCUT2D eigenvalue weighted by Crippen LogP contribution is 2.37. The summed E-state index contributed by atoms with van der Waals surface area (Å²) in [5.41, 5.74) is 7.23. The molecule has 6 atom stereocenters. The molecule has 17 heteroatoms. The van der Waals surface area contributed by atoms with Crippen LogP contribution in [-0.4, -0.2) is 140 Å². The van der Waals surface area contributed by atoms with Crippen molar-refractivity contribution in [1.29, 1.82) is 0 Å². The Hall–Kier alpha value is -5.62. The van der Waals surface area contributed by atoms with Crippen LogP contribution in [0.4, 0.5) is 11.5 Å². The molecule has 2 aromatic carbocycles. The first-order valence-corrected chi connectivity index (χ1v) is 24.3. The molecular weight excluding hydrogens is 857 g/mol. The van der Waals surface area contributed by atoms with Crippen molar-refractivity contribution in [1.82, 2.24) is 40.4 Å². The van der Waals surface area contributed by atoms with Crippen LogP contribution in [0.15, 0.2) is 70.7 Å². The third-order valence-electron chi connectivity index (χ3n) is 13.8. The number of piperazine rings is 1. The number of aromatic nitrogens is 4. The van der Waals surface area contributed by atoms with Crippen LogP contribution in [0.1, 0.15) is 75.9 Å². The summed E-state index contributed by atoms with van der Waals surface area (Å²) in [5, 5.41) is 40.8. The largest absolute Gasteiger partial charge is 0.507 e. The zero-order valence-corrected chi connectivity index (χ0v) is 39.3. The van der Waals surface area contributed by atoms with Gasteiger partial charge in [-0.3, -0.25) is 19.4 Å². The standard InChI is InChI=1S/C49H62N10O6S/c1-29(2)45(49(63)59-27-37(60)20-41(59)48(62)52-31(4)34-10-12-35(13-11-34)46-32(5)51-28-66-46)43-22-44(55-65-43)64-30(3)24-56-16-14-33(15-17-56)25-57-18-19-58-36(26-57)23-50-47-40(58)21-39(53-54-47)38-8-6-7-9-42(38)61/h6-13,21-22,28-31,33,36-37,41,45,60-61H,14-20,23-27H2,1-5H3,(H,50,54)(H,52,62)/t30-,31-,36-,37+,41-,45+/m0/s1. The summed E-state index contributed by atoms with van der Waals surface area (Å²) in [4.78, 5) is 42.5. The number of carbonyl (C=O) groups excluding carboxylic acids is 2. The molecule has 4 aliphatic rings. The number of amides is 2. The topological polar surface area (TPSA) is 186 Å². The van der Waals surface area contributed by atoms with E-state index in [2.05, 4.69) is 45.7 Å². The molecule has 0 radical (unpaired) electrons. The summed E-state index contributed by atoms with van der Waals surface area (Å²) < 4.78 is 12.1. The molecule has 3 aromatic heterocycles. The highest BCUT2D eigenvalue weighted by Gasteiger charge is 2.44. The number of benzene rings is 2. The Morgan fingerprint density at radius 3 is 2.52 bits per heavy atom. The lowest BCUT2D eigenvalue weighted by Gasteiger charge is -2.47. The maximum atomic E-state index is 14.3. The lowest BCUT2D eigenvalue weighted by molar-refractivity contribution is -0.141. The summed E-state index contributed by atoms with van der Waals surface area (Å²) in [6, 6.07) is 18.3. The van der Waals surface area contributed by atoms with E-state index >= 15 is 0 Å². The van der Waals surface area contributed by atoms with Gasteiger partial charge in [0, 0.05) is 63.9 Å². The average molecular weight is 919 g/mol. The molecule has 0 unspecified atom stereocenters. The molecule has 5 aromatic rings. The first-order valence-electron chi connectivity index (χ1n) is 23.4. The van der Waals surface area contributed by atoms with Gasteiger partial charge in [-0.2, -0.15) is 0 Å². The van der Waals surface area contributed by atoms with E-state index < -0.39 is 18.1 Å². The number of carbonyl (C=O) groups is 2. The number of ether oxygens (including phenoxy) is 1. The Bertz CT molecular complexity index is 2470. The molecule has 4 N–H and O–H groups in total. The second-order valence-corrected chi connectivity index (χ2v) is 19.8. The molecule has 3 fully saturated rings. The third-order valence-corrected chi connectivity index (χ3v) is 14.8. The number of aliphatic hydroxyl groups excluding tert-OH is 1. The number of hydrogen-bond acceptors (Lipinski definition) is 15. The zero-order valence-electron chi connectivity index (χ0n) is 38.5. The number of likely N-dealkylation sites (tertiary alicyclic amines) is 2. The quantitative estimate of drug-likeness (QED) is 0.103. The van der Waals surface area contributed by atoms with Gasteiger partial charge in [0.2, 0.25) is 11.8 Å². The Balaban J connectivity index is 0.738. The SMILES string of the molecule is Cc1ncsc1-c1ccc([C@H](C)NC(=O)[C@@H]2C[C@@H](O)CN2C(=O)[C@@H](c2cc(O[C@@H](C)CN3CCC(CN4CCN5c6cc(-c7ccccc7O)nnc6NC[C@H]5C4)CC3)no2)C(C)C)cc1. The summed E-state index contributed by atoms with van der Waals surface area (Å²) >= 11 is 1.59. The Morgan fingerprint density at radius 1 is 0.985 bits per heavy atom. The maximum absolute atomic E-state index is 14.3. The van der Waals surface area contributed by atoms with Crippen LogP contribution in [0.25, 0.3) is 21.7 Å². The van der Waals surface area contributed by atoms with Crippen molar-refractivity contribution in [3.8, 4) is 33.3 Å². The normalized spacial score (nSPS) is 21.8. The molecule has 0 saturated carbocycles. The molecule has 66 heavy (non-hydrogen) atoms. The Morgan fingerprint density at radius 2 is 1.77 bits per heavy atom. The van der Waals surface area contributed by atoms with Gasteiger partial charge < -0.3 is 39.9 Å². The summed E-state index contributed by atoms with van der Waals surface area (Å²) in [6.45, 7) is 17.4. The number of fused-ring (bicyclic) bond motifs is 3. The lowest BCUT2D eigenvalue weighted by atomic mass is 9.91. The fourth-order valence-corrected chi connectivity index (χ4v) is 11.1. The van der Waals surface area contributed by atoms with Gasteiger partial charge in [0.1, 0.15) is 23.8 Å². The van der Waals surface area contributed by atoms with E-state index in [1.54, 1.807) is 23.5 Å². The summed E-state index contributed by atoms with van der Waals surface area (Å²) in [5.74, 6) is 0.853. The average Bonchev–Trinajstić information content (AvgIpc) is 4.06. The number of piperidine rings is 1. The summed E-state index contributed by atoms with van der Waals surface area (Å²) in [7, 11) is 0. The predicted molar refractivity (Wildman–Crippen MR) is 254 cm³/mol. The van der Waals surface area contributed by atoms with Crippen LogP contribution >= 0.6 is 11.3 Å². The monoisotopic (exact) mass is 918 g/mol. The zero-order chi connectivity index (χ0) is 46.1. The number of phenols is 1.